The third-order valence-electron chi connectivity index (χ3n) is 10.7. The van der Waals surface area contributed by atoms with Crippen LogP contribution in [-0.2, 0) is 0 Å². The minimum Gasteiger partial charge on any atom is -0.393 e. The molecule has 0 aliphatic heterocycles. The van der Waals surface area contributed by atoms with E-state index in [0.29, 0.717) is 22.7 Å². The van der Waals surface area contributed by atoms with E-state index in [1.165, 1.54) is 44.9 Å². The van der Waals surface area contributed by atoms with Gasteiger partial charge < -0.3 is 5.11 Å². The van der Waals surface area contributed by atoms with Gasteiger partial charge in [0, 0.05) is 0 Å². The molecule has 9 atom stereocenters. The minimum atomic E-state index is -0.0480. The van der Waals surface area contributed by atoms with Gasteiger partial charge in [-0.05, 0) is 110 Å². The van der Waals surface area contributed by atoms with Gasteiger partial charge in [0.2, 0.25) is 0 Å². The average Bonchev–Trinajstić information content (AvgIpc) is 3.06. The smallest absolute Gasteiger partial charge is 0.0543 e. The fourth-order valence-corrected chi connectivity index (χ4v) is 8.68. The largest absolute Gasteiger partial charge is 0.393 e. The first-order chi connectivity index (χ1) is 14.2. The van der Waals surface area contributed by atoms with Crippen molar-refractivity contribution in [2.24, 2.45) is 52.3 Å². The third-order valence-corrected chi connectivity index (χ3v) is 10.7. The fourth-order valence-electron chi connectivity index (χ4n) is 8.68. The fraction of sp³-hybridized carbons (Fsp3) is 0.862. The molecule has 1 nitrogen and oxygen atoms in total. The molecule has 0 amide bonds. The summed E-state index contributed by atoms with van der Waals surface area (Å²) in [7, 11) is 0. The molecule has 4 rings (SSSR count). The quantitative estimate of drug-likeness (QED) is 0.457. The van der Waals surface area contributed by atoms with Gasteiger partial charge in [-0.25, -0.2) is 0 Å². The maximum Gasteiger partial charge on any atom is 0.0543 e. The number of hydrogen-bond acceptors (Lipinski definition) is 1. The molecule has 0 bridgehead atoms. The molecule has 0 aromatic heterocycles. The highest BCUT2D eigenvalue weighted by Gasteiger charge is 2.57. The topological polar surface area (TPSA) is 20.2 Å². The van der Waals surface area contributed by atoms with Crippen LogP contribution in [-0.4, -0.2) is 11.2 Å². The van der Waals surface area contributed by atoms with E-state index >= 15 is 0 Å². The van der Waals surface area contributed by atoms with Gasteiger partial charge in [0.1, 0.15) is 0 Å². The summed E-state index contributed by atoms with van der Waals surface area (Å²) in [5.41, 5.74) is 2.79. The van der Waals surface area contributed by atoms with E-state index in [2.05, 4.69) is 59.8 Å². The molecule has 30 heavy (non-hydrogen) atoms. The highest BCUT2D eigenvalue weighted by molar-refractivity contribution is 5.28. The van der Waals surface area contributed by atoms with Crippen LogP contribution in [0.25, 0.3) is 0 Å². The summed E-state index contributed by atoms with van der Waals surface area (Å²) < 4.78 is 0. The Morgan fingerprint density at radius 3 is 2.40 bits per heavy atom. The zero-order valence-electron chi connectivity index (χ0n) is 20.7. The van der Waals surface area contributed by atoms with Crippen molar-refractivity contribution in [3.63, 3.8) is 0 Å². The standard InChI is InChI=1S/C29H48O/c1-7-21(19(2)3)9-8-20(4)25-12-13-26-24-11-10-22-18-23(30)14-16-28(22,5)27(24)15-17-29(25,26)6/h8-9,11,19-23,25-27,30H,7,10,12-18H2,1-6H3/b9-8+/t20-,21+,22+,23-,25-,26?,27?,28+,29-/m1/s1. The van der Waals surface area contributed by atoms with Crippen LogP contribution >= 0.6 is 0 Å². The lowest BCUT2D eigenvalue weighted by molar-refractivity contribution is -0.0414. The number of hydrogen-bond donors (Lipinski definition) is 1. The molecule has 170 valence electrons. The monoisotopic (exact) mass is 412 g/mol. The van der Waals surface area contributed by atoms with Crippen LogP contribution in [0.2, 0.25) is 0 Å². The second-order valence-electron chi connectivity index (χ2n) is 12.5. The van der Waals surface area contributed by atoms with Crippen molar-refractivity contribution in [2.45, 2.75) is 105 Å². The molecule has 0 saturated heterocycles. The van der Waals surface area contributed by atoms with Crippen LogP contribution in [0.4, 0.5) is 0 Å². The molecule has 0 aromatic carbocycles. The van der Waals surface area contributed by atoms with Crippen LogP contribution in [0.3, 0.4) is 0 Å². The van der Waals surface area contributed by atoms with Crippen molar-refractivity contribution >= 4 is 0 Å². The Morgan fingerprint density at radius 2 is 1.70 bits per heavy atom. The zero-order chi connectivity index (χ0) is 21.7. The maximum absolute atomic E-state index is 10.3. The number of aliphatic hydroxyl groups is 1. The average molecular weight is 413 g/mol. The van der Waals surface area contributed by atoms with Gasteiger partial charge in [-0.2, -0.15) is 0 Å². The molecule has 4 aliphatic carbocycles. The summed E-state index contributed by atoms with van der Waals surface area (Å²) in [5, 5.41) is 10.3. The van der Waals surface area contributed by atoms with Gasteiger partial charge in [0.25, 0.3) is 0 Å². The van der Waals surface area contributed by atoms with E-state index in [9.17, 15) is 5.11 Å². The van der Waals surface area contributed by atoms with E-state index < -0.39 is 0 Å². The summed E-state index contributed by atoms with van der Waals surface area (Å²) in [6.45, 7) is 14.8. The van der Waals surface area contributed by atoms with Crippen LogP contribution in [0, 0.1) is 52.3 Å². The second kappa shape index (κ2) is 8.42. The predicted octanol–water partition coefficient (Wildman–Crippen LogP) is 7.80. The van der Waals surface area contributed by atoms with E-state index in [1.54, 1.807) is 0 Å². The van der Waals surface area contributed by atoms with Crippen LogP contribution in [0.1, 0.15) is 99.3 Å². The van der Waals surface area contributed by atoms with Crippen LogP contribution < -0.4 is 0 Å². The van der Waals surface area contributed by atoms with Gasteiger partial charge in [-0.15, -0.1) is 0 Å². The Bertz CT molecular complexity index is 674. The third kappa shape index (κ3) is 3.66. The number of fused-ring (bicyclic) bond motifs is 5. The van der Waals surface area contributed by atoms with Crippen LogP contribution in [0.15, 0.2) is 23.8 Å². The molecule has 2 unspecified atom stereocenters. The Kier molecular flexibility index (Phi) is 6.35. The van der Waals surface area contributed by atoms with Crippen molar-refractivity contribution in [1.82, 2.24) is 0 Å². The lowest BCUT2D eigenvalue weighted by Gasteiger charge is -2.57. The molecule has 3 saturated carbocycles. The van der Waals surface area contributed by atoms with Crippen LogP contribution in [0.5, 0.6) is 0 Å². The Balaban J connectivity index is 1.53. The number of allylic oxidation sites excluding steroid dienone is 4. The zero-order valence-corrected chi connectivity index (χ0v) is 20.7. The van der Waals surface area contributed by atoms with E-state index in [4.69, 9.17) is 0 Å². The van der Waals surface area contributed by atoms with Crippen molar-refractivity contribution in [2.75, 3.05) is 0 Å². The van der Waals surface area contributed by atoms with Crippen molar-refractivity contribution in [1.29, 1.82) is 0 Å². The summed E-state index contributed by atoms with van der Waals surface area (Å²) in [5.74, 6) is 5.32. The number of aliphatic hydroxyl groups excluding tert-OH is 1. The minimum absolute atomic E-state index is 0.0480. The Labute approximate surface area is 186 Å². The first kappa shape index (κ1) is 22.6. The molecule has 1 heteroatoms. The van der Waals surface area contributed by atoms with E-state index in [1.807, 2.05) is 5.57 Å². The van der Waals surface area contributed by atoms with Gasteiger partial charge in [-0.3, -0.25) is 0 Å². The first-order valence-electron chi connectivity index (χ1n) is 13.3. The molecular formula is C29H48O. The molecule has 1 N–H and O–H groups in total. The Morgan fingerprint density at radius 1 is 1.00 bits per heavy atom. The molecule has 4 aliphatic rings. The molecular weight excluding hydrogens is 364 g/mol. The second-order valence-corrected chi connectivity index (χ2v) is 12.5. The van der Waals surface area contributed by atoms with E-state index in [-0.39, 0.29) is 6.10 Å². The summed E-state index contributed by atoms with van der Waals surface area (Å²) in [4.78, 5) is 0. The Hall–Kier alpha value is -0.560. The van der Waals surface area contributed by atoms with Gasteiger partial charge in [-0.1, -0.05) is 65.3 Å². The normalized spacial score (nSPS) is 45.6. The highest BCUT2D eigenvalue weighted by atomic mass is 16.3. The summed E-state index contributed by atoms with van der Waals surface area (Å²) >= 11 is 0. The highest BCUT2D eigenvalue weighted by Crippen LogP contribution is 2.66. The lowest BCUT2D eigenvalue weighted by Crippen LogP contribution is -2.49. The van der Waals surface area contributed by atoms with Gasteiger partial charge in [0.05, 0.1) is 6.10 Å². The molecule has 0 spiro atoms. The van der Waals surface area contributed by atoms with Gasteiger partial charge in [0.15, 0.2) is 0 Å². The van der Waals surface area contributed by atoms with Crippen molar-refractivity contribution in [3.05, 3.63) is 23.8 Å². The van der Waals surface area contributed by atoms with Gasteiger partial charge >= 0.3 is 0 Å². The van der Waals surface area contributed by atoms with Crippen molar-refractivity contribution < 1.29 is 5.11 Å². The maximum atomic E-state index is 10.3. The van der Waals surface area contributed by atoms with E-state index in [0.717, 1.165) is 42.4 Å². The lowest BCUT2D eigenvalue weighted by atomic mass is 9.47. The molecule has 0 radical (unpaired) electrons. The summed E-state index contributed by atoms with van der Waals surface area (Å²) in [6.07, 6.45) is 19.2. The molecule has 0 heterocycles. The molecule has 3 fully saturated rings. The van der Waals surface area contributed by atoms with Crippen molar-refractivity contribution in [3.8, 4) is 0 Å². The summed E-state index contributed by atoms with van der Waals surface area (Å²) in [6, 6.07) is 0. The molecule has 0 aromatic rings. The predicted molar refractivity (Wildman–Crippen MR) is 128 cm³/mol. The first-order valence-corrected chi connectivity index (χ1v) is 13.3. The SMILES string of the molecule is CC[C@@H](/C=C/[C@@H](C)[C@H]1CCC2C3=CC[C@H]4C[C@H](O)CC[C@]4(C)C3CC[C@@]21C)C(C)C. The number of rotatable bonds is 5.